The molecule has 3 aromatic rings. The maximum Gasteiger partial charge on any atom is 0.269 e. The summed E-state index contributed by atoms with van der Waals surface area (Å²) in [5, 5.41) is 14.1. The van der Waals surface area contributed by atoms with Gasteiger partial charge in [-0.25, -0.2) is 8.42 Å². The Morgan fingerprint density at radius 1 is 1.00 bits per heavy atom. The van der Waals surface area contributed by atoms with Crippen molar-refractivity contribution in [2.75, 3.05) is 17.9 Å². The first kappa shape index (κ1) is 27.6. The summed E-state index contributed by atoms with van der Waals surface area (Å²) in [6.07, 6.45) is 0. The predicted molar refractivity (Wildman–Crippen MR) is 140 cm³/mol. The second-order valence-electron chi connectivity index (χ2n) is 8.04. The summed E-state index contributed by atoms with van der Waals surface area (Å²) < 4.78 is 28.1. The number of nitrogens with zero attached hydrogens (tertiary/aromatic N) is 3. The molecule has 0 bridgehead atoms. The second kappa shape index (κ2) is 11.8. The lowest BCUT2D eigenvalue weighted by atomic mass is 10.1. The highest BCUT2D eigenvalue weighted by atomic mass is 35.5. The molecule has 1 atom stereocenters. The summed E-state index contributed by atoms with van der Waals surface area (Å²) >= 11 is 5.96. The van der Waals surface area contributed by atoms with E-state index >= 15 is 0 Å². The number of anilines is 1. The smallest absolute Gasteiger partial charge is 0.269 e. The van der Waals surface area contributed by atoms with Crippen LogP contribution in [0.3, 0.4) is 0 Å². The molecule has 12 heteroatoms. The molecule has 0 unspecified atom stereocenters. The summed E-state index contributed by atoms with van der Waals surface area (Å²) in [4.78, 5) is 37.8. The SMILES string of the molecule is CNC(=O)[C@@H](C)N(Cc1ccc(Cl)cc1)C(=O)CN(c1ccc([N+](=O)[O-])cc1)S(=O)(=O)c1ccccc1. The Bertz CT molecular complexity index is 1370. The van der Waals surface area contributed by atoms with Crippen molar-refractivity contribution in [1.82, 2.24) is 10.2 Å². The van der Waals surface area contributed by atoms with Crippen LogP contribution in [0.5, 0.6) is 0 Å². The molecule has 0 aromatic heterocycles. The van der Waals surface area contributed by atoms with Gasteiger partial charge in [0.2, 0.25) is 11.8 Å². The number of hydrogen-bond acceptors (Lipinski definition) is 6. The molecular formula is C25H25ClN4O6S. The lowest BCUT2D eigenvalue weighted by molar-refractivity contribution is -0.384. The molecule has 0 aliphatic carbocycles. The Balaban J connectivity index is 2.03. The van der Waals surface area contributed by atoms with E-state index in [9.17, 15) is 28.1 Å². The predicted octanol–water partition coefficient (Wildman–Crippen LogP) is 3.61. The molecule has 0 fully saturated rings. The van der Waals surface area contributed by atoms with Gasteiger partial charge in [0.05, 0.1) is 15.5 Å². The number of nitro groups is 1. The monoisotopic (exact) mass is 544 g/mol. The van der Waals surface area contributed by atoms with Crippen LogP contribution in [0.2, 0.25) is 5.02 Å². The molecule has 10 nitrogen and oxygen atoms in total. The maximum atomic E-state index is 13.6. The molecule has 0 spiro atoms. The number of nitrogens with one attached hydrogen (secondary N) is 1. The van der Waals surface area contributed by atoms with E-state index in [2.05, 4.69) is 5.32 Å². The standard InChI is InChI=1S/C25H25ClN4O6S/c1-18(25(32)27-2)28(16-19-8-10-20(26)11-9-19)24(31)17-29(21-12-14-22(15-13-21)30(33)34)37(35,36)23-6-4-3-5-7-23/h3-15,18H,16-17H2,1-2H3,(H,27,32)/t18-/m1/s1. The molecule has 3 rings (SSSR count). The first-order chi connectivity index (χ1) is 17.5. The number of benzene rings is 3. The van der Waals surface area contributed by atoms with E-state index in [0.29, 0.717) is 10.6 Å². The largest absolute Gasteiger partial charge is 0.357 e. The Kier molecular flexibility index (Phi) is 8.85. The number of nitro benzene ring substituents is 1. The number of hydrogen-bond donors (Lipinski definition) is 1. The molecular weight excluding hydrogens is 520 g/mol. The van der Waals surface area contributed by atoms with Gasteiger partial charge >= 0.3 is 0 Å². The minimum Gasteiger partial charge on any atom is -0.357 e. The summed E-state index contributed by atoms with van der Waals surface area (Å²) in [6, 6.07) is 18.1. The van der Waals surface area contributed by atoms with Gasteiger partial charge in [-0.1, -0.05) is 41.9 Å². The lowest BCUT2D eigenvalue weighted by Gasteiger charge is -2.31. The van der Waals surface area contributed by atoms with Crippen LogP contribution >= 0.6 is 11.6 Å². The van der Waals surface area contributed by atoms with E-state index in [1.54, 1.807) is 42.5 Å². The first-order valence-corrected chi connectivity index (χ1v) is 12.9. The summed E-state index contributed by atoms with van der Waals surface area (Å²) in [5.41, 5.74) is 0.507. The lowest BCUT2D eigenvalue weighted by Crippen LogP contribution is -2.50. The Hall–Kier alpha value is -3.96. The Labute approximate surface area is 219 Å². The highest BCUT2D eigenvalue weighted by Crippen LogP contribution is 2.26. The van der Waals surface area contributed by atoms with E-state index in [-0.39, 0.29) is 22.8 Å². The topological polar surface area (TPSA) is 130 Å². The fourth-order valence-corrected chi connectivity index (χ4v) is 5.13. The zero-order valence-corrected chi connectivity index (χ0v) is 21.6. The van der Waals surface area contributed by atoms with Crippen LogP contribution in [0.15, 0.2) is 83.8 Å². The van der Waals surface area contributed by atoms with Gasteiger partial charge in [0.15, 0.2) is 0 Å². The van der Waals surface area contributed by atoms with Gasteiger partial charge < -0.3 is 10.2 Å². The molecule has 0 saturated carbocycles. The Morgan fingerprint density at radius 2 is 1.59 bits per heavy atom. The van der Waals surface area contributed by atoms with Crippen LogP contribution in [0.25, 0.3) is 0 Å². The zero-order chi connectivity index (χ0) is 27.2. The quantitative estimate of drug-likeness (QED) is 0.306. The fraction of sp³-hybridized carbons (Fsp3) is 0.200. The number of carbonyl (C=O) groups excluding carboxylic acids is 2. The van der Waals surface area contributed by atoms with Gasteiger partial charge in [0, 0.05) is 30.7 Å². The normalized spacial score (nSPS) is 11.9. The number of likely N-dealkylation sites (N-methyl/N-ethyl adjacent to an activating group) is 1. The van der Waals surface area contributed by atoms with Gasteiger partial charge in [0.1, 0.15) is 12.6 Å². The maximum absolute atomic E-state index is 13.6. The third-order valence-electron chi connectivity index (χ3n) is 5.64. The molecule has 37 heavy (non-hydrogen) atoms. The summed E-state index contributed by atoms with van der Waals surface area (Å²) in [5.74, 6) is -1.08. The van der Waals surface area contributed by atoms with E-state index in [4.69, 9.17) is 11.6 Å². The fourth-order valence-electron chi connectivity index (χ4n) is 3.57. The van der Waals surface area contributed by atoms with Crippen molar-refractivity contribution in [2.45, 2.75) is 24.4 Å². The van der Waals surface area contributed by atoms with Crippen molar-refractivity contribution in [3.05, 3.63) is 99.6 Å². The van der Waals surface area contributed by atoms with Gasteiger partial charge in [0.25, 0.3) is 15.7 Å². The van der Waals surface area contributed by atoms with E-state index in [1.807, 2.05) is 0 Å². The second-order valence-corrected chi connectivity index (χ2v) is 10.3. The molecule has 2 amide bonds. The van der Waals surface area contributed by atoms with Crippen LogP contribution in [-0.2, 0) is 26.2 Å². The van der Waals surface area contributed by atoms with Gasteiger partial charge in [-0.3, -0.25) is 24.0 Å². The molecule has 3 aromatic carbocycles. The molecule has 0 saturated heterocycles. The van der Waals surface area contributed by atoms with E-state index in [0.717, 1.165) is 16.4 Å². The van der Waals surface area contributed by atoms with Crippen molar-refractivity contribution in [1.29, 1.82) is 0 Å². The van der Waals surface area contributed by atoms with Crippen LogP contribution < -0.4 is 9.62 Å². The number of rotatable bonds is 10. The van der Waals surface area contributed by atoms with Crippen LogP contribution in [0, 0.1) is 10.1 Å². The molecule has 0 radical (unpaired) electrons. The van der Waals surface area contributed by atoms with Gasteiger partial charge in [-0.15, -0.1) is 0 Å². The van der Waals surface area contributed by atoms with Gasteiger partial charge in [-0.2, -0.15) is 0 Å². The number of halogens is 1. The van der Waals surface area contributed by atoms with Crippen LogP contribution in [-0.4, -0.2) is 49.7 Å². The van der Waals surface area contributed by atoms with Crippen molar-refractivity contribution in [2.24, 2.45) is 0 Å². The first-order valence-electron chi connectivity index (χ1n) is 11.1. The summed E-state index contributed by atoms with van der Waals surface area (Å²) in [6.45, 7) is 0.905. The highest BCUT2D eigenvalue weighted by molar-refractivity contribution is 7.92. The number of sulfonamides is 1. The third kappa shape index (κ3) is 6.63. The molecule has 0 heterocycles. The molecule has 1 N–H and O–H groups in total. The van der Waals surface area contributed by atoms with Crippen molar-refractivity contribution >= 4 is 44.8 Å². The number of non-ortho nitro benzene ring substituents is 1. The van der Waals surface area contributed by atoms with Crippen molar-refractivity contribution in [3.63, 3.8) is 0 Å². The molecule has 0 aliphatic rings. The van der Waals surface area contributed by atoms with Gasteiger partial charge in [-0.05, 0) is 48.9 Å². The van der Waals surface area contributed by atoms with Crippen molar-refractivity contribution < 1.29 is 22.9 Å². The molecule has 194 valence electrons. The third-order valence-corrected chi connectivity index (χ3v) is 7.68. The van der Waals surface area contributed by atoms with Crippen molar-refractivity contribution in [3.8, 4) is 0 Å². The number of amides is 2. The van der Waals surface area contributed by atoms with Crippen LogP contribution in [0.4, 0.5) is 11.4 Å². The Morgan fingerprint density at radius 3 is 2.14 bits per heavy atom. The average molecular weight is 545 g/mol. The van der Waals surface area contributed by atoms with Crippen LogP contribution in [0.1, 0.15) is 12.5 Å². The average Bonchev–Trinajstić information content (AvgIpc) is 2.90. The highest BCUT2D eigenvalue weighted by Gasteiger charge is 2.32. The minimum absolute atomic E-state index is 0.0179. The number of carbonyl (C=O) groups is 2. The summed E-state index contributed by atoms with van der Waals surface area (Å²) in [7, 11) is -2.81. The van der Waals surface area contributed by atoms with E-state index in [1.165, 1.54) is 43.1 Å². The minimum atomic E-state index is -4.25. The zero-order valence-electron chi connectivity index (χ0n) is 20.1. The van der Waals surface area contributed by atoms with E-state index < -0.39 is 39.3 Å². The molecule has 0 aliphatic heterocycles.